The van der Waals surface area contributed by atoms with Gasteiger partial charge in [0.05, 0.1) is 5.69 Å². The summed E-state index contributed by atoms with van der Waals surface area (Å²) in [6.45, 7) is 1.95. The number of rotatable bonds is 2. The average molecular weight is 169 g/mol. The van der Waals surface area contributed by atoms with Gasteiger partial charge in [0.2, 0.25) is 5.95 Å². The predicted octanol–water partition coefficient (Wildman–Crippen LogP) is 1.08. The average Bonchev–Trinajstić information content (AvgIpc) is 2.08. The summed E-state index contributed by atoms with van der Waals surface area (Å²) in [5.74, 6) is -0.609. The van der Waals surface area contributed by atoms with Crippen LogP contribution >= 0.6 is 0 Å². The summed E-state index contributed by atoms with van der Waals surface area (Å²) in [6.07, 6.45) is 1.48. The first-order valence-corrected chi connectivity index (χ1v) is 3.73. The Morgan fingerprint density at radius 3 is 2.83 bits per heavy atom. The first-order chi connectivity index (χ1) is 5.65. The van der Waals surface area contributed by atoms with Crippen LogP contribution in [0.25, 0.3) is 0 Å². The molecule has 1 atom stereocenters. The third-order valence-electron chi connectivity index (χ3n) is 1.82. The number of pyridine rings is 1. The summed E-state index contributed by atoms with van der Waals surface area (Å²) >= 11 is 0. The second-order valence-corrected chi connectivity index (χ2v) is 2.66. The largest absolute Gasteiger partial charge is 0.395 e. The Labute approximate surface area is 70.8 Å². The SMILES string of the molecule is CNC(C)c1cnc(F)c(N)c1. The van der Waals surface area contributed by atoms with Gasteiger partial charge in [0, 0.05) is 12.2 Å². The highest BCUT2D eigenvalue weighted by Crippen LogP contribution is 2.15. The quantitative estimate of drug-likeness (QED) is 0.651. The Bertz CT molecular complexity index is 275. The molecule has 12 heavy (non-hydrogen) atoms. The fourth-order valence-electron chi connectivity index (χ4n) is 0.886. The number of hydrogen-bond donors (Lipinski definition) is 2. The van der Waals surface area contributed by atoms with Gasteiger partial charge in [-0.3, -0.25) is 0 Å². The zero-order chi connectivity index (χ0) is 9.14. The van der Waals surface area contributed by atoms with Crippen molar-refractivity contribution < 1.29 is 4.39 Å². The Morgan fingerprint density at radius 1 is 1.67 bits per heavy atom. The minimum Gasteiger partial charge on any atom is -0.395 e. The van der Waals surface area contributed by atoms with Crippen LogP contribution in [0.1, 0.15) is 18.5 Å². The van der Waals surface area contributed by atoms with Gasteiger partial charge >= 0.3 is 0 Å². The van der Waals surface area contributed by atoms with E-state index in [9.17, 15) is 4.39 Å². The Balaban J connectivity index is 2.96. The van der Waals surface area contributed by atoms with Crippen molar-refractivity contribution in [2.75, 3.05) is 12.8 Å². The van der Waals surface area contributed by atoms with E-state index < -0.39 is 5.95 Å². The highest BCUT2D eigenvalue weighted by Gasteiger charge is 2.05. The lowest BCUT2D eigenvalue weighted by Crippen LogP contribution is -2.13. The van der Waals surface area contributed by atoms with Gasteiger partial charge in [-0.2, -0.15) is 4.39 Å². The van der Waals surface area contributed by atoms with Gasteiger partial charge in [-0.25, -0.2) is 4.98 Å². The molecule has 1 aromatic rings. The number of nitrogens with two attached hydrogens (primary N) is 1. The Hall–Kier alpha value is -1.16. The fraction of sp³-hybridized carbons (Fsp3) is 0.375. The van der Waals surface area contributed by atoms with Crippen molar-refractivity contribution in [1.82, 2.24) is 10.3 Å². The van der Waals surface area contributed by atoms with Gasteiger partial charge in [-0.05, 0) is 25.6 Å². The highest BCUT2D eigenvalue weighted by atomic mass is 19.1. The number of nitrogens with zero attached hydrogens (tertiary/aromatic N) is 1. The van der Waals surface area contributed by atoms with Crippen molar-refractivity contribution in [2.45, 2.75) is 13.0 Å². The fourth-order valence-corrected chi connectivity index (χ4v) is 0.886. The van der Waals surface area contributed by atoms with Crippen LogP contribution in [0.2, 0.25) is 0 Å². The smallest absolute Gasteiger partial charge is 0.236 e. The van der Waals surface area contributed by atoms with E-state index in [4.69, 9.17) is 5.73 Å². The molecule has 0 saturated carbocycles. The van der Waals surface area contributed by atoms with E-state index in [-0.39, 0.29) is 11.7 Å². The van der Waals surface area contributed by atoms with Crippen LogP contribution in [-0.4, -0.2) is 12.0 Å². The molecule has 0 aliphatic carbocycles. The van der Waals surface area contributed by atoms with Gasteiger partial charge in [-0.1, -0.05) is 0 Å². The van der Waals surface area contributed by atoms with E-state index in [1.165, 1.54) is 6.20 Å². The lowest BCUT2D eigenvalue weighted by Gasteiger charge is -2.10. The molecule has 0 spiro atoms. The molecule has 0 aromatic carbocycles. The van der Waals surface area contributed by atoms with Gasteiger partial charge in [0.1, 0.15) is 0 Å². The van der Waals surface area contributed by atoms with Crippen LogP contribution in [0, 0.1) is 5.95 Å². The molecule has 1 aromatic heterocycles. The lowest BCUT2D eigenvalue weighted by atomic mass is 10.1. The van der Waals surface area contributed by atoms with Gasteiger partial charge in [0.25, 0.3) is 0 Å². The topological polar surface area (TPSA) is 50.9 Å². The first kappa shape index (κ1) is 8.93. The monoisotopic (exact) mass is 169 g/mol. The van der Waals surface area contributed by atoms with Crippen LogP contribution in [0.3, 0.4) is 0 Å². The molecule has 0 radical (unpaired) electrons. The molecular formula is C8H12FN3. The zero-order valence-electron chi connectivity index (χ0n) is 7.13. The van der Waals surface area contributed by atoms with Gasteiger partial charge in [0.15, 0.2) is 0 Å². The van der Waals surface area contributed by atoms with Gasteiger partial charge in [-0.15, -0.1) is 0 Å². The van der Waals surface area contributed by atoms with E-state index in [0.717, 1.165) is 5.56 Å². The van der Waals surface area contributed by atoms with Crippen molar-refractivity contribution in [3.63, 3.8) is 0 Å². The van der Waals surface area contributed by atoms with Crippen molar-refractivity contribution in [3.05, 3.63) is 23.8 Å². The number of hydrogen-bond acceptors (Lipinski definition) is 3. The first-order valence-electron chi connectivity index (χ1n) is 3.73. The predicted molar refractivity (Wildman–Crippen MR) is 46.1 cm³/mol. The van der Waals surface area contributed by atoms with E-state index in [1.807, 2.05) is 14.0 Å². The second-order valence-electron chi connectivity index (χ2n) is 2.66. The summed E-state index contributed by atoms with van der Waals surface area (Å²) < 4.78 is 12.6. The summed E-state index contributed by atoms with van der Waals surface area (Å²) in [7, 11) is 1.82. The third kappa shape index (κ3) is 1.71. The minimum absolute atomic E-state index is 0.0922. The van der Waals surface area contributed by atoms with Crippen molar-refractivity contribution in [1.29, 1.82) is 0 Å². The molecule has 0 amide bonds. The maximum Gasteiger partial charge on any atom is 0.236 e. The maximum atomic E-state index is 12.6. The number of nitrogen functional groups attached to an aromatic ring is 1. The molecular weight excluding hydrogens is 157 g/mol. The summed E-state index contributed by atoms with van der Waals surface area (Å²) in [5.41, 5.74) is 6.33. The van der Waals surface area contributed by atoms with E-state index in [0.29, 0.717) is 0 Å². The standard InChI is InChI=1S/C8H12FN3/c1-5(11-2)6-3-7(10)8(9)12-4-6/h3-5,11H,10H2,1-2H3. The molecule has 0 aliphatic rings. The van der Waals surface area contributed by atoms with Gasteiger partial charge < -0.3 is 11.1 Å². The van der Waals surface area contributed by atoms with Crippen molar-refractivity contribution in [2.24, 2.45) is 0 Å². The van der Waals surface area contributed by atoms with E-state index in [2.05, 4.69) is 10.3 Å². The number of anilines is 1. The molecule has 0 aliphatic heterocycles. The Kier molecular flexibility index (Phi) is 2.60. The van der Waals surface area contributed by atoms with Crippen LogP contribution in [0.15, 0.2) is 12.3 Å². The summed E-state index contributed by atoms with van der Waals surface area (Å²) in [4.78, 5) is 3.52. The lowest BCUT2D eigenvalue weighted by molar-refractivity contribution is 0.581. The van der Waals surface area contributed by atoms with E-state index in [1.54, 1.807) is 6.07 Å². The molecule has 0 fully saturated rings. The number of aromatic nitrogens is 1. The molecule has 1 unspecified atom stereocenters. The van der Waals surface area contributed by atoms with Crippen LogP contribution in [0.4, 0.5) is 10.1 Å². The molecule has 1 heterocycles. The Morgan fingerprint density at radius 2 is 2.33 bits per heavy atom. The molecule has 4 heteroatoms. The summed E-state index contributed by atoms with van der Waals surface area (Å²) in [6, 6.07) is 1.73. The van der Waals surface area contributed by atoms with Crippen LogP contribution in [-0.2, 0) is 0 Å². The third-order valence-corrected chi connectivity index (χ3v) is 1.82. The van der Waals surface area contributed by atoms with Crippen molar-refractivity contribution in [3.8, 4) is 0 Å². The van der Waals surface area contributed by atoms with E-state index >= 15 is 0 Å². The number of nitrogens with one attached hydrogen (secondary N) is 1. The molecule has 66 valence electrons. The molecule has 3 N–H and O–H groups in total. The maximum absolute atomic E-state index is 12.6. The molecule has 1 rings (SSSR count). The van der Waals surface area contributed by atoms with Crippen LogP contribution < -0.4 is 11.1 Å². The number of halogens is 1. The van der Waals surface area contributed by atoms with Crippen molar-refractivity contribution >= 4 is 5.69 Å². The molecule has 0 bridgehead atoms. The summed E-state index contributed by atoms with van der Waals surface area (Å²) in [5, 5.41) is 3.01. The second kappa shape index (κ2) is 3.49. The minimum atomic E-state index is -0.609. The highest BCUT2D eigenvalue weighted by molar-refractivity contribution is 5.39. The molecule has 0 saturated heterocycles. The van der Waals surface area contributed by atoms with Crippen LogP contribution in [0.5, 0.6) is 0 Å². The zero-order valence-corrected chi connectivity index (χ0v) is 7.13. The normalized spacial score (nSPS) is 12.9. The molecule has 3 nitrogen and oxygen atoms in total.